The number of nitrogens with zero attached hydrogens (tertiary/aromatic N) is 2. The molecule has 0 aliphatic heterocycles. The molecule has 1 saturated carbocycles. The van der Waals surface area contributed by atoms with Gasteiger partial charge in [-0.2, -0.15) is 5.10 Å². The summed E-state index contributed by atoms with van der Waals surface area (Å²) in [5, 5.41) is 18.1. The normalized spacial score (nSPS) is 19.7. The topological polar surface area (TPSA) is 50.1 Å². The van der Waals surface area contributed by atoms with Crippen LogP contribution >= 0.6 is 0 Å². The van der Waals surface area contributed by atoms with Gasteiger partial charge in [-0.15, -0.1) is 0 Å². The maximum Gasteiger partial charge on any atom is 0.0771 e. The van der Waals surface area contributed by atoms with Crippen molar-refractivity contribution < 1.29 is 5.11 Å². The molecular formula is C14H25N3O. The van der Waals surface area contributed by atoms with Crippen molar-refractivity contribution >= 4 is 0 Å². The van der Waals surface area contributed by atoms with Gasteiger partial charge in [-0.1, -0.05) is 25.7 Å². The second-order valence-electron chi connectivity index (χ2n) is 5.45. The van der Waals surface area contributed by atoms with Gasteiger partial charge in [-0.3, -0.25) is 4.68 Å². The highest BCUT2D eigenvalue weighted by Crippen LogP contribution is 2.26. The Morgan fingerprint density at radius 3 is 2.67 bits per heavy atom. The minimum atomic E-state index is -0.489. The molecule has 1 fully saturated rings. The van der Waals surface area contributed by atoms with Crippen LogP contribution in [0.4, 0.5) is 0 Å². The Labute approximate surface area is 109 Å². The largest absolute Gasteiger partial charge is 0.389 e. The summed E-state index contributed by atoms with van der Waals surface area (Å²) in [5.74, 6) is 0. The number of hydrogen-bond acceptors (Lipinski definition) is 3. The Morgan fingerprint density at radius 2 is 2.06 bits per heavy atom. The van der Waals surface area contributed by atoms with E-state index in [0.29, 0.717) is 6.54 Å². The summed E-state index contributed by atoms with van der Waals surface area (Å²) in [4.78, 5) is 0. The Balaban J connectivity index is 1.76. The van der Waals surface area contributed by atoms with Gasteiger partial charge in [0.25, 0.3) is 0 Å². The molecule has 102 valence electrons. The van der Waals surface area contributed by atoms with E-state index in [0.717, 1.165) is 38.8 Å². The summed E-state index contributed by atoms with van der Waals surface area (Å²) in [7, 11) is 0. The van der Waals surface area contributed by atoms with Crippen LogP contribution in [-0.2, 0) is 13.1 Å². The zero-order valence-electron chi connectivity index (χ0n) is 11.4. The number of aliphatic hydroxyl groups is 1. The standard InChI is InChI=1S/C14H25N3O/c1-2-17-11-13(10-16-17)9-15-12-14(18)7-5-3-4-6-8-14/h10-11,15,18H,2-9,12H2,1H3. The van der Waals surface area contributed by atoms with Crippen LogP contribution in [0.3, 0.4) is 0 Å². The summed E-state index contributed by atoms with van der Waals surface area (Å²) in [6, 6.07) is 0. The van der Waals surface area contributed by atoms with E-state index in [-0.39, 0.29) is 0 Å². The van der Waals surface area contributed by atoms with E-state index in [1.165, 1.54) is 18.4 Å². The van der Waals surface area contributed by atoms with E-state index in [9.17, 15) is 5.11 Å². The zero-order valence-corrected chi connectivity index (χ0v) is 11.4. The number of aryl methyl sites for hydroxylation is 1. The van der Waals surface area contributed by atoms with Crippen LogP contribution in [0.25, 0.3) is 0 Å². The van der Waals surface area contributed by atoms with Crippen LogP contribution in [0, 0.1) is 0 Å². The Hall–Kier alpha value is -0.870. The molecule has 0 aromatic carbocycles. The van der Waals surface area contributed by atoms with Gasteiger partial charge in [0.15, 0.2) is 0 Å². The fraction of sp³-hybridized carbons (Fsp3) is 0.786. The smallest absolute Gasteiger partial charge is 0.0771 e. The second-order valence-corrected chi connectivity index (χ2v) is 5.45. The molecule has 0 radical (unpaired) electrons. The lowest BCUT2D eigenvalue weighted by molar-refractivity contribution is 0.0250. The van der Waals surface area contributed by atoms with E-state index in [2.05, 4.69) is 23.5 Å². The summed E-state index contributed by atoms with van der Waals surface area (Å²) >= 11 is 0. The predicted molar refractivity (Wildman–Crippen MR) is 72.3 cm³/mol. The van der Waals surface area contributed by atoms with Gasteiger partial charge in [0.05, 0.1) is 11.8 Å². The van der Waals surface area contributed by atoms with Crippen molar-refractivity contribution in [2.24, 2.45) is 0 Å². The summed E-state index contributed by atoms with van der Waals surface area (Å²) in [6.45, 7) is 4.48. The molecule has 1 aromatic heterocycles. The Morgan fingerprint density at radius 1 is 1.33 bits per heavy atom. The number of hydrogen-bond donors (Lipinski definition) is 2. The maximum absolute atomic E-state index is 10.5. The molecule has 0 bridgehead atoms. The molecule has 1 aliphatic carbocycles. The monoisotopic (exact) mass is 251 g/mol. The van der Waals surface area contributed by atoms with Crippen LogP contribution in [0.1, 0.15) is 51.0 Å². The van der Waals surface area contributed by atoms with Crippen LogP contribution in [0.2, 0.25) is 0 Å². The van der Waals surface area contributed by atoms with Crippen molar-refractivity contribution in [3.8, 4) is 0 Å². The molecule has 2 N–H and O–H groups in total. The molecule has 0 atom stereocenters. The average molecular weight is 251 g/mol. The number of aromatic nitrogens is 2. The molecule has 0 spiro atoms. The minimum absolute atomic E-state index is 0.489. The van der Waals surface area contributed by atoms with Crippen LogP contribution in [0.15, 0.2) is 12.4 Å². The average Bonchev–Trinajstić information content (AvgIpc) is 2.71. The molecule has 1 heterocycles. The molecule has 18 heavy (non-hydrogen) atoms. The van der Waals surface area contributed by atoms with Gasteiger partial charge in [-0.25, -0.2) is 0 Å². The SMILES string of the molecule is CCn1cc(CNCC2(O)CCCCCC2)cn1. The fourth-order valence-corrected chi connectivity index (χ4v) is 2.67. The van der Waals surface area contributed by atoms with Gasteiger partial charge in [-0.05, 0) is 19.8 Å². The highest BCUT2D eigenvalue weighted by Gasteiger charge is 2.27. The lowest BCUT2D eigenvalue weighted by Gasteiger charge is -2.26. The third kappa shape index (κ3) is 3.82. The number of rotatable bonds is 5. The third-order valence-corrected chi connectivity index (χ3v) is 3.83. The van der Waals surface area contributed by atoms with Crippen molar-refractivity contribution in [1.82, 2.24) is 15.1 Å². The van der Waals surface area contributed by atoms with E-state index >= 15 is 0 Å². The van der Waals surface area contributed by atoms with E-state index in [1.807, 2.05) is 10.9 Å². The van der Waals surface area contributed by atoms with Crippen molar-refractivity contribution in [2.75, 3.05) is 6.54 Å². The molecule has 1 aromatic rings. The van der Waals surface area contributed by atoms with Crippen LogP contribution in [0.5, 0.6) is 0 Å². The lowest BCUT2D eigenvalue weighted by atomic mass is 9.94. The van der Waals surface area contributed by atoms with Crippen LogP contribution in [-0.4, -0.2) is 27.0 Å². The first-order valence-corrected chi connectivity index (χ1v) is 7.16. The van der Waals surface area contributed by atoms with Crippen molar-refractivity contribution in [3.05, 3.63) is 18.0 Å². The van der Waals surface area contributed by atoms with E-state index < -0.39 is 5.60 Å². The minimum Gasteiger partial charge on any atom is -0.389 e. The molecule has 0 amide bonds. The van der Waals surface area contributed by atoms with Crippen molar-refractivity contribution in [1.29, 1.82) is 0 Å². The van der Waals surface area contributed by atoms with Gasteiger partial charge < -0.3 is 10.4 Å². The van der Waals surface area contributed by atoms with Gasteiger partial charge in [0.2, 0.25) is 0 Å². The van der Waals surface area contributed by atoms with Gasteiger partial charge in [0.1, 0.15) is 0 Å². The number of nitrogens with one attached hydrogen (secondary N) is 1. The lowest BCUT2D eigenvalue weighted by Crippen LogP contribution is -2.39. The maximum atomic E-state index is 10.5. The first kappa shape index (κ1) is 13.6. The van der Waals surface area contributed by atoms with Crippen molar-refractivity contribution in [2.45, 2.75) is 64.1 Å². The first-order valence-electron chi connectivity index (χ1n) is 7.16. The molecule has 1 aliphatic rings. The summed E-state index contributed by atoms with van der Waals surface area (Å²) in [5.41, 5.74) is 0.700. The highest BCUT2D eigenvalue weighted by molar-refractivity contribution is 5.03. The molecule has 0 unspecified atom stereocenters. The first-order chi connectivity index (χ1) is 8.72. The quantitative estimate of drug-likeness (QED) is 0.788. The second kappa shape index (κ2) is 6.34. The van der Waals surface area contributed by atoms with Crippen LogP contribution < -0.4 is 5.32 Å². The molecule has 2 rings (SSSR count). The molecule has 4 nitrogen and oxygen atoms in total. The van der Waals surface area contributed by atoms with E-state index in [1.54, 1.807) is 0 Å². The molecule has 0 saturated heterocycles. The van der Waals surface area contributed by atoms with Crippen molar-refractivity contribution in [3.63, 3.8) is 0 Å². The summed E-state index contributed by atoms with van der Waals surface area (Å²) in [6.07, 6.45) is 10.7. The molecular weight excluding hydrogens is 226 g/mol. The zero-order chi connectivity index (χ0) is 12.8. The molecule has 4 heteroatoms. The highest BCUT2D eigenvalue weighted by atomic mass is 16.3. The third-order valence-electron chi connectivity index (χ3n) is 3.83. The summed E-state index contributed by atoms with van der Waals surface area (Å²) < 4.78 is 1.93. The Kier molecular flexibility index (Phi) is 4.78. The Bertz CT molecular complexity index is 354. The van der Waals surface area contributed by atoms with E-state index in [4.69, 9.17) is 0 Å². The van der Waals surface area contributed by atoms with Gasteiger partial charge >= 0.3 is 0 Å². The predicted octanol–water partition coefficient (Wildman–Crippen LogP) is 2.08. The fourth-order valence-electron chi connectivity index (χ4n) is 2.67. The van der Waals surface area contributed by atoms with Gasteiger partial charge in [0, 0.05) is 31.4 Å².